The van der Waals surface area contributed by atoms with Crippen molar-refractivity contribution >= 4 is 23.8 Å². The van der Waals surface area contributed by atoms with Crippen LogP contribution in [0.25, 0.3) is 0 Å². The monoisotopic (exact) mass is 1050 g/mol. The fraction of sp³-hybridized carbons (Fsp3) is 0.938. The van der Waals surface area contributed by atoms with E-state index in [1.807, 2.05) is 6.92 Å². The van der Waals surface area contributed by atoms with Gasteiger partial charge in [-0.1, -0.05) is 259 Å². The van der Waals surface area contributed by atoms with Crippen LogP contribution in [0.1, 0.15) is 349 Å². The molecule has 0 fully saturated rings. The van der Waals surface area contributed by atoms with Crippen LogP contribution >= 0.6 is 0 Å². The first kappa shape index (κ1) is 73.9. The minimum Gasteiger partial charge on any atom is -0.462 e. The third-order valence-electron chi connectivity index (χ3n) is 14.5. The van der Waals surface area contributed by atoms with E-state index in [-0.39, 0.29) is 68.1 Å². The number of aliphatic hydroxyl groups excluding tert-OH is 2. The fourth-order valence-electron chi connectivity index (χ4n) is 9.68. The Kier molecular flexibility index (Phi) is 61.5. The molecule has 74 heavy (non-hydrogen) atoms. The van der Waals surface area contributed by atoms with Crippen molar-refractivity contribution in [2.75, 3.05) is 19.8 Å². The van der Waals surface area contributed by atoms with Crippen molar-refractivity contribution < 1.29 is 38.9 Å². The third-order valence-corrected chi connectivity index (χ3v) is 14.5. The Labute approximate surface area is 458 Å². The van der Waals surface area contributed by atoms with Crippen molar-refractivity contribution in [3.05, 3.63) is 0 Å². The number of amides is 2. The number of carbonyl (C=O) groups excluding carboxylic acids is 4. The van der Waals surface area contributed by atoms with Crippen LogP contribution in [0.4, 0.5) is 0 Å². The number of rotatable bonds is 57. The molecule has 2 amide bonds. The normalized spacial score (nSPS) is 12.4. The Hall–Kier alpha value is -2.20. The Morgan fingerprint density at radius 1 is 0.351 bits per heavy atom. The second kappa shape index (κ2) is 61.7. The highest BCUT2D eigenvalue weighted by Gasteiger charge is 2.20. The van der Waals surface area contributed by atoms with E-state index in [1.165, 1.54) is 205 Å². The predicted octanol–water partition coefficient (Wildman–Crippen LogP) is 17.6. The van der Waals surface area contributed by atoms with Crippen LogP contribution in [0.2, 0.25) is 0 Å². The summed E-state index contributed by atoms with van der Waals surface area (Å²) in [5.41, 5.74) is 0. The summed E-state index contributed by atoms with van der Waals surface area (Å²) in [6, 6.07) is -0.0714. The maximum absolute atomic E-state index is 12.5. The molecule has 0 radical (unpaired) electrons. The van der Waals surface area contributed by atoms with Gasteiger partial charge in [0.05, 0.1) is 12.8 Å². The van der Waals surface area contributed by atoms with Gasteiger partial charge in [-0.3, -0.25) is 19.2 Å². The zero-order valence-corrected chi connectivity index (χ0v) is 49.8. The molecule has 0 spiro atoms. The van der Waals surface area contributed by atoms with Gasteiger partial charge in [-0.05, 0) is 64.7 Å². The molecule has 10 nitrogen and oxygen atoms in total. The predicted molar refractivity (Wildman–Crippen MR) is 313 cm³/mol. The molecule has 0 aliphatic carbocycles. The molecule has 10 heteroatoms. The van der Waals surface area contributed by atoms with Gasteiger partial charge in [0, 0.05) is 38.6 Å². The standard InChI is InChI=1S/2C32H63NO4/c1-4-6-8-10-12-14-15-17-19-21-23-25-32(36)37-30(28-31(35)33-29(3)26-27-34)24-22-20-18-16-13-11-9-7-5-2;1-3-5-7-9-11-13-14-16-18-20-22-26-32(36)37-30(29-31(35)33-27-23-24-28-34)25-21-19-17-15-12-10-8-6-4-2/h29-30,34H,4-28H2,1-3H3,(H,33,35);30,34H,3-29H2,1-2H3,(H,33,35)/t29?,30-;30-/m11/s1. The van der Waals surface area contributed by atoms with E-state index in [0.717, 1.165) is 70.6 Å². The van der Waals surface area contributed by atoms with Gasteiger partial charge in [0.2, 0.25) is 11.8 Å². The summed E-state index contributed by atoms with van der Waals surface area (Å²) in [5, 5.41) is 23.8. The molecule has 0 aromatic rings. The van der Waals surface area contributed by atoms with E-state index in [9.17, 15) is 19.2 Å². The van der Waals surface area contributed by atoms with Crippen molar-refractivity contribution in [1.82, 2.24) is 10.6 Å². The zero-order valence-electron chi connectivity index (χ0n) is 49.8. The molecule has 0 bridgehead atoms. The summed E-state index contributed by atoms with van der Waals surface area (Å²) in [5.74, 6) is -0.455. The van der Waals surface area contributed by atoms with Gasteiger partial charge in [0.25, 0.3) is 0 Å². The molecular weight excluding hydrogens is 925 g/mol. The van der Waals surface area contributed by atoms with Crippen LogP contribution < -0.4 is 10.6 Å². The Balaban J connectivity index is 0. The Bertz CT molecular complexity index is 1190. The first-order valence-electron chi connectivity index (χ1n) is 32.3. The number of unbranched alkanes of at least 4 members (excludes halogenated alkanes) is 37. The second-order valence-electron chi connectivity index (χ2n) is 22.2. The summed E-state index contributed by atoms with van der Waals surface area (Å²) >= 11 is 0. The highest BCUT2D eigenvalue weighted by Crippen LogP contribution is 2.19. The molecule has 0 aliphatic heterocycles. The maximum Gasteiger partial charge on any atom is 0.306 e. The van der Waals surface area contributed by atoms with Gasteiger partial charge in [-0.2, -0.15) is 0 Å². The lowest BCUT2D eigenvalue weighted by molar-refractivity contribution is -0.152. The van der Waals surface area contributed by atoms with Crippen LogP contribution in [-0.2, 0) is 28.7 Å². The first-order valence-corrected chi connectivity index (χ1v) is 32.3. The van der Waals surface area contributed by atoms with Gasteiger partial charge >= 0.3 is 11.9 Å². The molecule has 0 saturated carbocycles. The summed E-state index contributed by atoms with van der Waals surface area (Å²) in [4.78, 5) is 49.8. The summed E-state index contributed by atoms with van der Waals surface area (Å²) in [7, 11) is 0. The molecule has 0 aromatic carbocycles. The SMILES string of the molecule is CCCCCCCCCCCCCC(=O)O[C@H](CCCCCCCCCCC)CC(=O)NC(C)CCO.CCCCCCCCCCCCCC(=O)O[C@H](CCCCCCCCCCC)CC(=O)NCCCCO. The summed E-state index contributed by atoms with van der Waals surface area (Å²) in [6.07, 6.45) is 54.4. The number of aliphatic hydroxyl groups is 2. The number of carbonyl (C=O) groups is 4. The lowest BCUT2D eigenvalue weighted by atomic mass is 10.0. The van der Waals surface area contributed by atoms with E-state index in [4.69, 9.17) is 19.7 Å². The molecule has 0 heterocycles. The average Bonchev–Trinajstić information content (AvgIpc) is 3.37. The smallest absolute Gasteiger partial charge is 0.306 e. The Morgan fingerprint density at radius 2 is 0.649 bits per heavy atom. The quantitative estimate of drug-likeness (QED) is 0.0347. The molecular formula is C64H126N2O8. The van der Waals surface area contributed by atoms with Gasteiger partial charge in [-0.15, -0.1) is 0 Å². The molecule has 0 rings (SSSR count). The largest absolute Gasteiger partial charge is 0.462 e. The highest BCUT2D eigenvalue weighted by molar-refractivity contribution is 5.78. The van der Waals surface area contributed by atoms with Crippen molar-refractivity contribution in [3.8, 4) is 0 Å². The minimum absolute atomic E-state index is 0.0528. The molecule has 3 atom stereocenters. The van der Waals surface area contributed by atoms with Gasteiger partial charge in [0.1, 0.15) is 12.2 Å². The van der Waals surface area contributed by atoms with Crippen molar-refractivity contribution in [2.24, 2.45) is 0 Å². The summed E-state index contributed by atoms with van der Waals surface area (Å²) in [6.45, 7) is 11.7. The minimum atomic E-state index is -0.342. The van der Waals surface area contributed by atoms with Crippen LogP contribution in [0.3, 0.4) is 0 Å². The number of nitrogens with one attached hydrogen (secondary N) is 2. The molecule has 0 aliphatic rings. The molecule has 0 saturated heterocycles. The van der Waals surface area contributed by atoms with Crippen molar-refractivity contribution in [3.63, 3.8) is 0 Å². The highest BCUT2D eigenvalue weighted by atomic mass is 16.5. The van der Waals surface area contributed by atoms with E-state index < -0.39 is 0 Å². The van der Waals surface area contributed by atoms with Crippen LogP contribution in [-0.4, -0.2) is 72.0 Å². The third kappa shape index (κ3) is 59.1. The van der Waals surface area contributed by atoms with Crippen LogP contribution in [0.5, 0.6) is 0 Å². The van der Waals surface area contributed by atoms with Crippen molar-refractivity contribution in [2.45, 2.75) is 367 Å². The first-order chi connectivity index (χ1) is 36.2. The number of ether oxygens (including phenoxy) is 2. The van der Waals surface area contributed by atoms with E-state index >= 15 is 0 Å². The van der Waals surface area contributed by atoms with E-state index in [1.54, 1.807) is 0 Å². The average molecular weight is 1050 g/mol. The molecule has 1 unspecified atom stereocenters. The lowest BCUT2D eigenvalue weighted by Gasteiger charge is -2.19. The number of hydrogen-bond donors (Lipinski definition) is 4. The molecule has 0 aromatic heterocycles. The molecule has 4 N–H and O–H groups in total. The lowest BCUT2D eigenvalue weighted by Crippen LogP contribution is -2.36. The maximum atomic E-state index is 12.5. The van der Waals surface area contributed by atoms with Gasteiger partial charge < -0.3 is 30.3 Å². The Morgan fingerprint density at radius 3 is 0.959 bits per heavy atom. The second-order valence-corrected chi connectivity index (χ2v) is 22.2. The fourth-order valence-corrected chi connectivity index (χ4v) is 9.68. The van der Waals surface area contributed by atoms with Crippen LogP contribution in [0, 0.1) is 0 Å². The van der Waals surface area contributed by atoms with E-state index in [0.29, 0.717) is 32.2 Å². The van der Waals surface area contributed by atoms with Crippen molar-refractivity contribution in [1.29, 1.82) is 0 Å². The zero-order chi connectivity index (χ0) is 54.6. The van der Waals surface area contributed by atoms with Crippen LogP contribution in [0.15, 0.2) is 0 Å². The van der Waals surface area contributed by atoms with Gasteiger partial charge in [-0.25, -0.2) is 0 Å². The van der Waals surface area contributed by atoms with E-state index in [2.05, 4.69) is 38.3 Å². The topological polar surface area (TPSA) is 151 Å². The number of esters is 2. The van der Waals surface area contributed by atoms with Gasteiger partial charge in [0.15, 0.2) is 0 Å². The molecule has 440 valence electrons. The number of hydrogen-bond acceptors (Lipinski definition) is 8. The summed E-state index contributed by atoms with van der Waals surface area (Å²) < 4.78 is 11.6.